The van der Waals surface area contributed by atoms with E-state index in [4.69, 9.17) is 16.3 Å². The molecule has 0 saturated heterocycles. The van der Waals surface area contributed by atoms with E-state index in [1.165, 1.54) is 44.1 Å². The summed E-state index contributed by atoms with van der Waals surface area (Å²) in [6.07, 6.45) is 10.4. The molecule has 4 aliphatic carbocycles. The lowest BCUT2D eigenvalue weighted by molar-refractivity contribution is -0.144. The fourth-order valence-electron chi connectivity index (χ4n) is 7.12. The number of ether oxygens (including phenoxy) is 1. The molecule has 1 amide bonds. The van der Waals surface area contributed by atoms with Crippen LogP contribution in [-0.4, -0.2) is 42.3 Å². The van der Waals surface area contributed by atoms with Gasteiger partial charge < -0.3 is 10.1 Å². The summed E-state index contributed by atoms with van der Waals surface area (Å²) in [5, 5.41) is 3.37. The number of esters is 1. The van der Waals surface area contributed by atoms with E-state index in [1.54, 1.807) is 36.0 Å². The van der Waals surface area contributed by atoms with E-state index in [0.29, 0.717) is 28.3 Å². The molecule has 196 valence electrons. The van der Waals surface area contributed by atoms with Crippen LogP contribution >= 0.6 is 23.4 Å². The van der Waals surface area contributed by atoms with Crippen molar-refractivity contribution in [3.05, 3.63) is 70.2 Å². The van der Waals surface area contributed by atoms with Crippen LogP contribution in [0, 0.1) is 17.8 Å². The first-order chi connectivity index (χ1) is 17.8. The SMILES string of the molecule is CSCC[C@H](NC(=O)c1ccc(C23CC4CC(CC(C4)C2)C3)cc1)C(=O)OCC(=O)c1ccc(Cl)cc1. The minimum absolute atomic E-state index is 0.283. The second-order valence-corrected chi connectivity index (χ2v) is 12.5. The summed E-state index contributed by atoms with van der Waals surface area (Å²) in [7, 11) is 0. The summed E-state index contributed by atoms with van der Waals surface area (Å²) >= 11 is 7.46. The lowest BCUT2D eigenvalue weighted by Crippen LogP contribution is -2.48. The lowest BCUT2D eigenvalue weighted by Gasteiger charge is -2.57. The molecule has 1 N–H and O–H groups in total. The number of halogens is 1. The molecular formula is C30H34ClNO4S. The third kappa shape index (κ3) is 5.91. The number of hydrogen-bond acceptors (Lipinski definition) is 5. The Kier molecular flexibility index (Phi) is 7.96. The van der Waals surface area contributed by atoms with Crippen LogP contribution < -0.4 is 5.32 Å². The maximum atomic E-state index is 13.1. The minimum atomic E-state index is -0.819. The van der Waals surface area contributed by atoms with Crippen molar-refractivity contribution >= 4 is 41.0 Å². The average molecular weight is 540 g/mol. The number of hydrogen-bond donors (Lipinski definition) is 1. The summed E-state index contributed by atoms with van der Waals surface area (Å²) in [6, 6.07) is 13.6. The van der Waals surface area contributed by atoms with E-state index in [0.717, 1.165) is 17.8 Å². The predicted octanol–water partition coefficient (Wildman–Crippen LogP) is 6.09. The van der Waals surface area contributed by atoms with Crippen LogP contribution in [0.4, 0.5) is 0 Å². The van der Waals surface area contributed by atoms with Crippen molar-refractivity contribution in [1.29, 1.82) is 0 Å². The number of ketones is 1. The summed E-state index contributed by atoms with van der Waals surface area (Å²) in [5.41, 5.74) is 2.60. The number of amides is 1. The van der Waals surface area contributed by atoms with Crippen LogP contribution in [0.2, 0.25) is 5.02 Å². The van der Waals surface area contributed by atoms with E-state index < -0.39 is 12.0 Å². The van der Waals surface area contributed by atoms with Crippen molar-refractivity contribution in [2.45, 2.75) is 56.4 Å². The zero-order chi connectivity index (χ0) is 26.0. The molecule has 0 spiro atoms. The van der Waals surface area contributed by atoms with E-state index in [-0.39, 0.29) is 23.7 Å². The van der Waals surface area contributed by atoms with Gasteiger partial charge in [-0.3, -0.25) is 9.59 Å². The Hall–Kier alpha value is -2.31. The number of thioether (sulfide) groups is 1. The first kappa shape index (κ1) is 26.3. The van der Waals surface area contributed by atoms with Gasteiger partial charge in [-0.25, -0.2) is 4.79 Å². The van der Waals surface area contributed by atoms with Crippen molar-refractivity contribution < 1.29 is 19.1 Å². The summed E-state index contributed by atoms with van der Waals surface area (Å²) < 4.78 is 5.30. The molecule has 4 fully saturated rings. The summed E-state index contributed by atoms with van der Waals surface area (Å²) in [6.45, 7) is -0.383. The third-order valence-corrected chi connectivity index (χ3v) is 9.41. The highest BCUT2D eigenvalue weighted by molar-refractivity contribution is 7.98. The highest BCUT2D eigenvalue weighted by Gasteiger charge is 2.51. The van der Waals surface area contributed by atoms with Gasteiger partial charge in [0.15, 0.2) is 12.4 Å². The Morgan fingerprint density at radius 2 is 1.51 bits per heavy atom. The van der Waals surface area contributed by atoms with Crippen molar-refractivity contribution in [2.75, 3.05) is 18.6 Å². The van der Waals surface area contributed by atoms with Gasteiger partial charge in [0.1, 0.15) is 6.04 Å². The van der Waals surface area contributed by atoms with Gasteiger partial charge in [-0.2, -0.15) is 11.8 Å². The van der Waals surface area contributed by atoms with Crippen molar-refractivity contribution in [2.24, 2.45) is 17.8 Å². The maximum Gasteiger partial charge on any atom is 0.329 e. The minimum Gasteiger partial charge on any atom is -0.456 e. The van der Waals surface area contributed by atoms with E-state index in [2.05, 4.69) is 17.4 Å². The highest BCUT2D eigenvalue weighted by Crippen LogP contribution is 2.60. The van der Waals surface area contributed by atoms with Gasteiger partial charge in [-0.05, 0) is 122 Å². The van der Waals surface area contributed by atoms with Crippen LogP contribution in [-0.2, 0) is 14.9 Å². The molecule has 5 nitrogen and oxygen atoms in total. The molecule has 0 heterocycles. The van der Waals surface area contributed by atoms with Crippen LogP contribution in [0.25, 0.3) is 0 Å². The molecule has 0 aliphatic heterocycles. The lowest BCUT2D eigenvalue weighted by atomic mass is 9.48. The molecule has 6 rings (SSSR count). The smallest absolute Gasteiger partial charge is 0.329 e. The fourth-order valence-corrected chi connectivity index (χ4v) is 7.72. The van der Waals surface area contributed by atoms with Gasteiger partial charge in [0, 0.05) is 16.1 Å². The Labute approximate surface area is 228 Å². The van der Waals surface area contributed by atoms with Crippen LogP contribution in [0.3, 0.4) is 0 Å². The van der Waals surface area contributed by atoms with Crippen LogP contribution in [0.5, 0.6) is 0 Å². The van der Waals surface area contributed by atoms with Gasteiger partial charge in [-0.1, -0.05) is 23.7 Å². The molecule has 1 atom stereocenters. The maximum absolute atomic E-state index is 13.1. The Morgan fingerprint density at radius 1 is 0.946 bits per heavy atom. The number of Topliss-reactive ketones (excluding diaryl/α,β-unsaturated/α-hetero) is 1. The Balaban J connectivity index is 1.21. The monoisotopic (exact) mass is 539 g/mol. The largest absolute Gasteiger partial charge is 0.456 e. The molecule has 0 aromatic heterocycles. The Morgan fingerprint density at radius 3 is 2.08 bits per heavy atom. The van der Waals surface area contributed by atoms with Gasteiger partial charge in [0.25, 0.3) is 5.91 Å². The number of benzene rings is 2. The molecule has 0 radical (unpaired) electrons. The van der Waals surface area contributed by atoms with Gasteiger partial charge >= 0.3 is 5.97 Å². The van der Waals surface area contributed by atoms with E-state index in [9.17, 15) is 14.4 Å². The quantitative estimate of drug-likeness (QED) is 0.292. The predicted molar refractivity (Wildman–Crippen MR) is 147 cm³/mol. The summed E-state index contributed by atoms with van der Waals surface area (Å²) in [4.78, 5) is 38.3. The molecule has 7 heteroatoms. The van der Waals surface area contributed by atoms with E-state index in [1.807, 2.05) is 18.4 Å². The zero-order valence-electron chi connectivity index (χ0n) is 21.2. The molecule has 4 aliphatic rings. The molecule has 37 heavy (non-hydrogen) atoms. The summed E-state index contributed by atoms with van der Waals surface area (Å²) in [5.74, 6) is 2.05. The molecule has 4 saturated carbocycles. The second-order valence-electron chi connectivity index (χ2n) is 11.1. The normalized spacial score (nSPS) is 26.5. The molecule has 2 aromatic carbocycles. The topological polar surface area (TPSA) is 72.5 Å². The number of carbonyl (C=O) groups excluding carboxylic acids is 3. The van der Waals surface area contributed by atoms with Gasteiger partial charge in [-0.15, -0.1) is 0 Å². The van der Waals surface area contributed by atoms with Crippen LogP contribution in [0.1, 0.15) is 71.2 Å². The highest BCUT2D eigenvalue weighted by atomic mass is 35.5. The third-order valence-electron chi connectivity index (χ3n) is 8.51. The van der Waals surface area contributed by atoms with Crippen molar-refractivity contribution in [3.8, 4) is 0 Å². The molecule has 2 aromatic rings. The van der Waals surface area contributed by atoms with Gasteiger partial charge in [0.2, 0.25) is 0 Å². The molecule has 4 bridgehead atoms. The molecular weight excluding hydrogens is 506 g/mol. The molecule has 0 unspecified atom stereocenters. The number of rotatable bonds is 10. The number of nitrogens with one attached hydrogen (secondary N) is 1. The van der Waals surface area contributed by atoms with Crippen molar-refractivity contribution in [3.63, 3.8) is 0 Å². The fraction of sp³-hybridized carbons (Fsp3) is 0.500. The number of carbonyl (C=O) groups is 3. The Bertz CT molecular complexity index is 1110. The van der Waals surface area contributed by atoms with Crippen LogP contribution in [0.15, 0.2) is 48.5 Å². The average Bonchev–Trinajstić information content (AvgIpc) is 2.89. The standard InChI is InChI=1S/C30H34ClNO4S/c1-37-11-10-26(29(35)36-18-27(33)22-4-8-25(31)9-5-22)32-28(34)23-2-6-24(7-3-23)30-15-19-12-20(16-30)14-21(13-19)17-30/h2-9,19-21,26H,10-18H2,1H3,(H,32,34)/t19?,20?,21?,26-,30?/m0/s1. The van der Waals surface area contributed by atoms with E-state index >= 15 is 0 Å². The van der Waals surface area contributed by atoms with Gasteiger partial charge in [0.05, 0.1) is 0 Å². The first-order valence-electron chi connectivity index (χ1n) is 13.2. The first-order valence-corrected chi connectivity index (χ1v) is 15.0. The van der Waals surface area contributed by atoms with Crippen molar-refractivity contribution in [1.82, 2.24) is 5.32 Å². The zero-order valence-corrected chi connectivity index (χ0v) is 22.8. The second kappa shape index (κ2) is 11.2.